The molecule has 4 aromatic rings. The van der Waals surface area contributed by atoms with Gasteiger partial charge in [-0.05, 0) is 40.8 Å². The second-order valence-corrected chi connectivity index (χ2v) is 7.26. The lowest BCUT2D eigenvalue weighted by Crippen LogP contribution is -1.95. The summed E-state index contributed by atoms with van der Waals surface area (Å²) in [6.07, 6.45) is 4.80. The van der Waals surface area contributed by atoms with Crippen molar-refractivity contribution in [3.8, 4) is 22.3 Å². The maximum Gasteiger partial charge on any atom is 0.134 e. The Hall–Kier alpha value is -2.13. The largest absolute Gasteiger partial charge is 0.383 e. The first kappa shape index (κ1) is 15.4. The highest BCUT2D eigenvalue weighted by Crippen LogP contribution is 2.39. The van der Waals surface area contributed by atoms with Crippen LogP contribution in [0.1, 0.15) is 0 Å². The second-order valence-electron chi connectivity index (χ2n) is 5.13. The minimum Gasteiger partial charge on any atom is -0.383 e. The predicted molar refractivity (Wildman–Crippen MR) is 103 cm³/mol. The second kappa shape index (κ2) is 6.06. The molecular formula is C17H10FIN4S. The Balaban J connectivity index is 1.96. The highest BCUT2D eigenvalue weighted by molar-refractivity contribution is 14.1. The van der Waals surface area contributed by atoms with Crippen LogP contribution in [-0.2, 0) is 0 Å². The van der Waals surface area contributed by atoms with E-state index in [0.717, 1.165) is 30.5 Å². The summed E-state index contributed by atoms with van der Waals surface area (Å²) < 4.78 is 16.2. The Morgan fingerprint density at radius 1 is 1.04 bits per heavy atom. The average Bonchev–Trinajstić information content (AvgIpc) is 2.99. The van der Waals surface area contributed by atoms with E-state index < -0.39 is 0 Å². The third-order valence-electron chi connectivity index (χ3n) is 3.71. The summed E-state index contributed by atoms with van der Waals surface area (Å²) in [7, 11) is 0. The van der Waals surface area contributed by atoms with Crippen molar-refractivity contribution in [3.05, 3.63) is 57.8 Å². The van der Waals surface area contributed by atoms with E-state index in [1.54, 1.807) is 18.5 Å². The summed E-state index contributed by atoms with van der Waals surface area (Å²) in [6.45, 7) is 0. The highest BCUT2D eigenvalue weighted by Gasteiger charge is 2.16. The summed E-state index contributed by atoms with van der Waals surface area (Å²) in [6, 6.07) is 7.07. The van der Waals surface area contributed by atoms with Gasteiger partial charge in [0, 0.05) is 43.6 Å². The monoisotopic (exact) mass is 448 g/mol. The molecule has 0 spiro atoms. The Labute approximate surface area is 154 Å². The smallest absolute Gasteiger partial charge is 0.134 e. The van der Waals surface area contributed by atoms with Crippen LogP contribution in [0.4, 0.5) is 10.2 Å². The number of benzene rings is 1. The van der Waals surface area contributed by atoms with Crippen molar-refractivity contribution in [2.75, 3.05) is 5.73 Å². The highest BCUT2D eigenvalue weighted by atomic mass is 127. The first-order valence-electron chi connectivity index (χ1n) is 7.02. The van der Waals surface area contributed by atoms with Crippen molar-refractivity contribution in [1.82, 2.24) is 15.0 Å². The minimum absolute atomic E-state index is 0.253. The molecule has 0 radical (unpaired) electrons. The maximum absolute atomic E-state index is 14.4. The van der Waals surface area contributed by atoms with Gasteiger partial charge < -0.3 is 5.73 Å². The summed E-state index contributed by atoms with van der Waals surface area (Å²) >= 11 is 3.60. The molecule has 2 N–H and O–H groups in total. The first-order valence-corrected chi connectivity index (χ1v) is 8.98. The van der Waals surface area contributed by atoms with Crippen molar-refractivity contribution in [2.45, 2.75) is 0 Å². The van der Waals surface area contributed by atoms with Gasteiger partial charge in [0.05, 0.1) is 10.2 Å². The van der Waals surface area contributed by atoms with Crippen LogP contribution in [0.5, 0.6) is 0 Å². The molecule has 24 heavy (non-hydrogen) atoms. The average molecular weight is 448 g/mol. The molecule has 0 bridgehead atoms. The van der Waals surface area contributed by atoms with Gasteiger partial charge in [-0.15, -0.1) is 11.3 Å². The van der Waals surface area contributed by atoms with Crippen molar-refractivity contribution in [3.63, 3.8) is 0 Å². The molecule has 3 aromatic heterocycles. The van der Waals surface area contributed by atoms with E-state index in [1.807, 2.05) is 17.5 Å². The van der Waals surface area contributed by atoms with Gasteiger partial charge in [-0.1, -0.05) is 6.07 Å². The van der Waals surface area contributed by atoms with Gasteiger partial charge in [-0.25, -0.2) is 14.4 Å². The number of thiophene rings is 1. The molecule has 4 rings (SSSR count). The molecule has 0 aliphatic heterocycles. The fraction of sp³-hybridized carbons (Fsp3) is 0. The number of halogens is 2. The van der Waals surface area contributed by atoms with E-state index in [-0.39, 0.29) is 5.82 Å². The zero-order valence-electron chi connectivity index (χ0n) is 12.2. The molecule has 118 valence electrons. The van der Waals surface area contributed by atoms with Crippen molar-refractivity contribution in [2.24, 2.45) is 0 Å². The Kier molecular flexibility index (Phi) is 3.89. The molecule has 7 heteroatoms. The quantitative estimate of drug-likeness (QED) is 0.450. The zero-order chi connectivity index (χ0) is 16.7. The van der Waals surface area contributed by atoms with E-state index in [1.165, 1.54) is 23.7 Å². The van der Waals surface area contributed by atoms with Gasteiger partial charge in [-0.2, -0.15) is 0 Å². The minimum atomic E-state index is -0.253. The summed E-state index contributed by atoms with van der Waals surface area (Å²) in [4.78, 5) is 12.5. The number of fused-ring (bicyclic) bond motifs is 1. The molecule has 0 aliphatic rings. The van der Waals surface area contributed by atoms with Gasteiger partial charge in [0.15, 0.2) is 0 Å². The van der Waals surface area contributed by atoms with Gasteiger partial charge in [0.25, 0.3) is 0 Å². The Bertz CT molecular complexity index is 1060. The lowest BCUT2D eigenvalue weighted by molar-refractivity contribution is 0.630. The number of pyridine rings is 1. The summed E-state index contributed by atoms with van der Waals surface area (Å²) in [5.74, 6) is 0.157. The summed E-state index contributed by atoms with van der Waals surface area (Å²) in [5, 5.41) is 1.92. The zero-order valence-corrected chi connectivity index (χ0v) is 15.2. The Morgan fingerprint density at radius 3 is 2.71 bits per heavy atom. The Morgan fingerprint density at radius 2 is 1.92 bits per heavy atom. The lowest BCUT2D eigenvalue weighted by atomic mass is 10.0. The number of nitrogen functional groups attached to an aromatic ring is 1. The molecule has 3 heterocycles. The number of hydrogen-bond donors (Lipinski definition) is 1. The van der Waals surface area contributed by atoms with Crippen LogP contribution in [0.3, 0.4) is 0 Å². The summed E-state index contributed by atoms with van der Waals surface area (Å²) in [5.41, 5.74) is 9.70. The number of aromatic nitrogens is 3. The molecule has 0 saturated heterocycles. The van der Waals surface area contributed by atoms with Crippen LogP contribution in [0, 0.1) is 9.39 Å². The number of nitrogens with zero attached hydrogens (tertiary/aromatic N) is 3. The molecule has 0 atom stereocenters. The molecule has 1 aromatic carbocycles. The van der Waals surface area contributed by atoms with E-state index in [4.69, 9.17) is 5.73 Å². The van der Waals surface area contributed by atoms with Crippen molar-refractivity contribution < 1.29 is 4.39 Å². The fourth-order valence-electron chi connectivity index (χ4n) is 2.59. The maximum atomic E-state index is 14.4. The predicted octanol–water partition coefficient (Wildman–Crippen LogP) is 4.75. The van der Waals surface area contributed by atoms with E-state index >= 15 is 0 Å². The number of rotatable bonds is 2. The van der Waals surface area contributed by atoms with Crippen LogP contribution < -0.4 is 5.73 Å². The van der Waals surface area contributed by atoms with Gasteiger partial charge in [0.1, 0.15) is 18.0 Å². The molecule has 4 nitrogen and oxygen atoms in total. The fourth-order valence-corrected chi connectivity index (χ4v) is 4.10. The van der Waals surface area contributed by atoms with Gasteiger partial charge in [0.2, 0.25) is 0 Å². The van der Waals surface area contributed by atoms with Crippen molar-refractivity contribution in [1.29, 1.82) is 0 Å². The van der Waals surface area contributed by atoms with Crippen LogP contribution in [0.2, 0.25) is 0 Å². The van der Waals surface area contributed by atoms with Crippen LogP contribution in [0.15, 0.2) is 48.4 Å². The normalized spacial score (nSPS) is 11.1. The molecule has 0 unspecified atom stereocenters. The molecular weight excluding hydrogens is 438 g/mol. The van der Waals surface area contributed by atoms with Crippen LogP contribution >= 0.6 is 33.9 Å². The number of anilines is 1. The molecule has 0 fully saturated rings. The number of nitrogens with two attached hydrogens (primary N) is 1. The third kappa shape index (κ3) is 2.53. The molecule has 0 saturated carbocycles. The van der Waals surface area contributed by atoms with E-state index in [9.17, 15) is 4.39 Å². The van der Waals surface area contributed by atoms with Gasteiger partial charge in [-0.3, -0.25) is 4.98 Å². The lowest BCUT2D eigenvalue weighted by Gasteiger charge is -2.06. The number of hydrogen-bond acceptors (Lipinski definition) is 5. The molecule has 0 amide bonds. The third-order valence-corrected chi connectivity index (χ3v) is 5.38. The van der Waals surface area contributed by atoms with Crippen LogP contribution in [0.25, 0.3) is 32.5 Å². The van der Waals surface area contributed by atoms with E-state index in [2.05, 4.69) is 37.5 Å². The SMILES string of the molecule is Nc1ncncc1-c1ccnc2c(-c3ccc(I)cc3F)csc12. The standard InChI is InChI=1S/C17H10FIN4S/c18-14-5-9(19)1-2-10(14)13-7-24-16-11(3-4-22-15(13)16)12-6-21-8-23-17(12)20/h1-8H,(H2,20,21,23). The topological polar surface area (TPSA) is 64.7 Å². The van der Waals surface area contributed by atoms with E-state index in [0.29, 0.717) is 11.4 Å². The molecule has 0 aliphatic carbocycles. The van der Waals surface area contributed by atoms with Gasteiger partial charge >= 0.3 is 0 Å². The van der Waals surface area contributed by atoms with Crippen LogP contribution in [-0.4, -0.2) is 15.0 Å². The van der Waals surface area contributed by atoms with Crippen molar-refractivity contribution >= 4 is 50.0 Å². The first-order chi connectivity index (χ1) is 11.6.